The highest BCUT2D eigenvalue weighted by Crippen LogP contribution is 2.35. The Hall–Kier alpha value is -3.88. The summed E-state index contributed by atoms with van der Waals surface area (Å²) in [6.45, 7) is 4.64. The molecule has 8 nitrogen and oxygen atoms in total. The van der Waals surface area contributed by atoms with E-state index in [1.54, 1.807) is 7.11 Å². The number of likely N-dealkylation sites (N-methyl/N-ethyl adjacent to an activating group) is 1. The van der Waals surface area contributed by atoms with Gasteiger partial charge < -0.3 is 29.6 Å². The predicted molar refractivity (Wildman–Crippen MR) is 172 cm³/mol. The van der Waals surface area contributed by atoms with E-state index in [-0.39, 0.29) is 17.9 Å². The first-order valence-corrected chi connectivity index (χ1v) is 15.5. The van der Waals surface area contributed by atoms with Gasteiger partial charge in [0.1, 0.15) is 18.2 Å². The number of benzene rings is 3. The number of fused-ring (bicyclic) bond motifs is 2. The average molecular weight is 582 g/mol. The fraction of sp³-hybridized carbons (Fsp3) is 0.429. The fourth-order valence-corrected chi connectivity index (χ4v) is 6.52. The van der Waals surface area contributed by atoms with Gasteiger partial charge in [-0.3, -0.25) is 4.79 Å². The zero-order valence-corrected chi connectivity index (χ0v) is 25.4. The quantitative estimate of drug-likeness (QED) is 0.258. The third-order valence-electron chi connectivity index (χ3n) is 8.83. The Kier molecular flexibility index (Phi) is 8.95. The Morgan fingerprint density at radius 1 is 1.09 bits per heavy atom. The number of imidazole rings is 1. The number of hydrogen-bond donors (Lipinski definition) is 1. The maximum atomic E-state index is 13.4. The highest BCUT2D eigenvalue weighted by atomic mass is 16.5. The van der Waals surface area contributed by atoms with Crippen LogP contribution in [0.1, 0.15) is 43.0 Å². The molecule has 0 spiro atoms. The van der Waals surface area contributed by atoms with Crippen LogP contribution >= 0.6 is 0 Å². The van der Waals surface area contributed by atoms with E-state index in [4.69, 9.17) is 20.2 Å². The molecule has 2 unspecified atom stereocenters. The second-order valence-corrected chi connectivity index (χ2v) is 12.0. The van der Waals surface area contributed by atoms with Crippen LogP contribution in [0.25, 0.3) is 22.2 Å². The molecule has 0 saturated carbocycles. The van der Waals surface area contributed by atoms with Gasteiger partial charge in [-0.15, -0.1) is 0 Å². The molecule has 0 bridgehead atoms. The summed E-state index contributed by atoms with van der Waals surface area (Å²) in [5.74, 6) is 2.36. The lowest BCUT2D eigenvalue weighted by Gasteiger charge is -2.33. The zero-order chi connectivity index (χ0) is 29.8. The maximum Gasteiger partial charge on any atom is 0.224 e. The number of piperidine rings is 1. The Morgan fingerprint density at radius 2 is 1.91 bits per heavy atom. The molecule has 1 saturated heterocycles. The van der Waals surface area contributed by atoms with Gasteiger partial charge >= 0.3 is 0 Å². The van der Waals surface area contributed by atoms with Crippen LogP contribution in [-0.2, 0) is 22.5 Å². The number of likely N-dealkylation sites (tertiary alicyclic amines) is 1. The van der Waals surface area contributed by atoms with Crippen molar-refractivity contribution in [1.29, 1.82) is 0 Å². The summed E-state index contributed by atoms with van der Waals surface area (Å²) in [7, 11) is 3.83. The largest absolute Gasteiger partial charge is 0.490 e. The van der Waals surface area contributed by atoms with Gasteiger partial charge in [-0.05, 0) is 66.6 Å². The molecule has 43 heavy (non-hydrogen) atoms. The summed E-state index contributed by atoms with van der Waals surface area (Å²) >= 11 is 0. The van der Waals surface area contributed by atoms with Crippen molar-refractivity contribution in [3.63, 3.8) is 0 Å². The van der Waals surface area contributed by atoms with Gasteiger partial charge in [0, 0.05) is 58.8 Å². The van der Waals surface area contributed by atoms with E-state index in [0.29, 0.717) is 32.6 Å². The predicted octanol–water partition coefficient (Wildman–Crippen LogP) is 5.23. The lowest BCUT2D eigenvalue weighted by Crippen LogP contribution is -2.42. The number of amides is 1. The number of carbonyl (C=O) groups excluding carboxylic acids is 1. The van der Waals surface area contributed by atoms with Crippen LogP contribution in [0.5, 0.6) is 5.75 Å². The molecule has 6 rings (SSSR count). The monoisotopic (exact) mass is 581 g/mol. The first kappa shape index (κ1) is 29.2. The standard InChI is InChI=1S/C35H43N5O3/c1-38-18-20-43-33-22-27(14-15-32(33)38)26-12-10-25(11-13-26)21-29(36)23-34(41)39-16-5-7-28(24-39)35-37-30-8-3-4-9-31(30)40(35)17-6-19-42-2/h3-4,8-15,22,28-29H,5-7,16-21,23-24,36H2,1-2H3. The molecule has 2 N–H and O–H groups in total. The van der Waals surface area contributed by atoms with E-state index in [1.165, 1.54) is 0 Å². The van der Waals surface area contributed by atoms with Gasteiger partial charge in [0.25, 0.3) is 0 Å². The average Bonchev–Trinajstić information content (AvgIpc) is 3.40. The van der Waals surface area contributed by atoms with Crippen LogP contribution in [0.3, 0.4) is 0 Å². The molecule has 8 heteroatoms. The van der Waals surface area contributed by atoms with Crippen molar-refractivity contribution in [2.75, 3.05) is 51.9 Å². The Labute approximate surface area is 254 Å². The third-order valence-corrected chi connectivity index (χ3v) is 8.83. The van der Waals surface area contributed by atoms with Crippen LogP contribution in [0.15, 0.2) is 66.7 Å². The molecule has 0 aliphatic carbocycles. The lowest BCUT2D eigenvalue weighted by molar-refractivity contribution is -0.132. The lowest BCUT2D eigenvalue weighted by atomic mass is 9.95. The van der Waals surface area contributed by atoms with Crippen LogP contribution in [0.4, 0.5) is 5.69 Å². The van der Waals surface area contributed by atoms with E-state index >= 15 is 0 Å². The first-order chi connectivity index (χ1) is 21.0. The van der Waals surface area contributed by atoms with Crippen LogP contribution < -0.4 is 15.4 Å². The number of ether oxygens (including phenoxy) is 2. The van der Waals surface area contributed by atoms with Crippen molar-refractivity contribution in [2.24, 2.45) is 5.73 Å². The van der Waals surface area contributed by atoms with Crippen LogP contribution in [0.2, 0.25) is 0 Å². The van der Waals surface area contributed by atoms with Crippen molar-refractivity contribution in [1.82, 2.24) is 14.5 Å². The maximum absolute atomic E-state index is 13.4. The van der Waals surface area contributed by atoms with E-state index in [2.05, 4.69) is 77.2 Å². The molecule has 0 radical (unpaired) electrons. The minimum absolute atomic E-state index is 0.134. The van der Waals surface area contributed by atoms with E-state index in [0.717, 1.165) is 83.9 Å². The summed E-state index contributed by atoms with van der Waals surface area (Å²) in [6.07, 6.45) is 3.93. The topological polar surface area (TPSA) is 85.8 Å². The number of carbonyl (C=O) groups is 1. The molecular formula is C35H43N5O3. The first-order valence-electron chi connectivity index (χ1n) is 15.5. The summed E-state index contributed by atoms with van der Waals surface area (Å²) in [5, 5.41) is 0. The summed E-state index contributed by atoms with van der Waals surface area (Å²) in [5.41, 5.74) is 13.2. The van der Waals surface area contributed by atoms with Crippen molar-refractivity contribution >= 4 is 22.6 Å². The van der Waals surface area contributed by atoms with E-state index in [1.807, 2.05) is 11.0 Å². The van der Waals surface area contributed by atoms with E-state index < -0.39 is 0 Å². The Bertz CT molecular complexity index is 1550. The van der Waals surface area contributed by atoms with Crippen LogP contribution in [-0.4, -0.2) is 73.4 Å². The molecule has 4 aromatic rings. The van der Waals surface area contributed by atoms with Crippen molar-refractivity contribution in [2.45, 2.75) is 50.6 Å². The van der Waals surface area contributed by atoms with E-state index in [9.17, 15) is 4.79 Å². The SMILES string of the molecule is COCCCn1c(C2CCCN(C(=O)CC(N)Cc3ccc(-c4ccc5c(c4)OCCN5C)cc3)C2)nc2ccccc21. The molecule has 1 amide bonds. The number of methoxy groups -OCH3 is 1. The van der Waals surface area contributed by atoms with Gasteiger partial charge in [0.2, 0.25) is 5.91 Å². The smallest absolute Gasteiger partial charge is 0.224 e. The molecule has 2 aliphatic heterocycles. The summed E-state index contributed by atoms with van der Waals surface area (Å²) < 4.78 is 13.5. The van der Waals surface area contributed by atoms with Crippen LogP contribution in [0, 0.1) is 0 Å². The molecular weight excluding hydrogens is 538 g/mol. The Morgan fingerprint density at radius 3 is 2.74 bits per heavy atom. The molecule has 2 atom stereocenters. The fourth-order valence-electron chi connectivity index (χ4n) is 6.52. The second kappa shape index (κ2) is 13.2. The Balaban J connectivity index is 1.07. The van der Waals surface area contributed by atoms with Crippen molar-refractivity contribution in [3.8, 4) is 16.9 Å². The number of nitrogens with two attached hydrogens (primary N) is 1. The van der Waals surface area contributed by atoms with Gasteiger partial charge in [-0.1, -0.05) is 42.5 Å². The van der Waals surface area contributed by atoms with Gasteiger partial charge in [-0.2, -0.15) is 0 Å². The number of rotatable bonds is 10. The highest BCUT2D eigenvalue weighted by molar-refractivity contribution is 5.78. The number of anilines is 1. The van der Waals surface area contributed by atoms with Gasteiger partial charge in [0.15, 0.2) is 0 Å². The highest BCUT2D eigenvalue weighted by Gasteiger charge is 2.29. The van der Waals surface area contributed by atoms with Gasteiger partial charge in [-0.25, -0.2) is 4.98 Å². The summed E-state index contributed by atoms with van der Waals surface area (Å²) in [4.78, 5) is 22.7. The number of para-hydroxylation sites is 2. The van der Waals surface area contributed by atoms with Crippen molar-refractivity contribution < 1.29 is 14.3 Å². The number of aromatic nitrogens is 2. The molecule has 2 aliphatic rings. The van der Waals surface area contributed by atoms with Gasteiger partial charge in [0.05, 0.1) is 23.3 Å². The number of hydrogen-bond acceptors (Lipinski definition) is 6. The minimum atomic E-state index is -0.231. The molecule has 3 aromatic carbocycles. The number of nitrogens with zero attached hydrogens (tertiary/aromatic N) is 4. The van der Waals surface area contributed by atoms with Crippen molar-refractivity contribution in [3.05, 3.63) is 78.1 Å². The molecule has 1 fully saturated rings. The molecule has 1 aromatic heterocycles. The number of aryl methyl sites for hydroxylation is 1. The zero-order valence-electron chi connectivity index (χ0n) is 25.4. The summed E-state index contributed by atoms with van der Waals surface area (Å²) in [6, 6.07) is 23.0. The minimum Gasteiger partial charge on any atom is -0.490 e. The normalized spacial score (nSPS) is 17.5. The second-order valence-electron chi connectivity index (χ2n) is 12.0. The molecule has 3 heterocycles. The third kappa shape index (κ3) is 6.55. The molecule has 226 valence electrons.